The Balaban J connectivity index is 1.57. The summed E-state index contributed by atoms with van der Waals surface area (Å²) < 4.78 is 1.84. The van der Waals surface area contributed by atoms with Gasteiger partial charge in [0.2, 0.25) is 0 Å². The number of thioether (sulfide) groups is 1. The number of nitrogens with one attached hydrogen (secondary N) is 2. The van der Waals surface area contributed by atoms with Crippen molar-refractivity contribution in [3.8, 4) is 5.69 Å². The molecule has 0 saturated heterocycles. The van der Waals surface area contributed by atoms with E-state index in [1.807, 2.05) is 47.9 Å². The lowest BCUT2D eigenvalue weighted by molar-refractivity contribution is 0.251. The molecule has 4 aromatic rings. The van der Waals surface area contributed by atoms with E-state index in [-0.39, 0.29) is 12.6 Å². The van der Waals surface area contributed by atoms with Gasteiger partial charge in [0.25, 0.3) is 0 Å². The monoisotopic (exact) mass is 525 g/mol. The van der Waals surface area contributed by atoms with Gasteiger partial charge in [-0.1, -0.05) is 84.4 Å². The summed E-state index contributed by atoms with van der Waals surface area (Å²) in [6.07, 6.45) is 0.819. The molecule has 180 valence electrons. The maximum Gasteiger partial charge on any atom is 0.319 e. The Bertz CT molecular complexity index is 1340. The molecular weight excluding hydrogens is 501 g/mol. The fraction of sp³-hybridized carbons (Fsp3) is 0.192. The molecule has 0 unspecified atom stereocenters. The largest absolute Gasteiger partial charge is 0.331 e. The molecule has 0 fully saturated rings. The normalized spacial score (nSPS) is 10.9. The van der Waals surface area contributed by atoms with Crippen LogP contribution in [-0.2, 0) is 18.7 Å². The Hall–Kier alpha value is -3.00. The van der Waals surface area contributed by atoms with Crippen LogP contribution in [0.5, 0.6) is 0 Å². The first kappa shape index (κ1) is 25.1. The van der Waals surface area contributed by atoms with E-state index < -0.39 is 0 Å². The Labute approximate surface area is 219 Å². The van der Waals surface area contributed by atoms with Gasteiger partial charge in [-0.15, -0.1) is 10.2 Å². The third-order valence-corrected chi connectivity index (χ3v) is 7.05. The molecule has 9 heteroatoms. The lowest BCUT2D eigenvalue weighted by atomic mass is 10.1. The second-order valence-electron chi connectivity index (χ2n) is 7.86. The van der Waals surface area contributed by atoms with Gasteiger partial charge in [0, 0.05) is 16.5 Å². The van der Waals surface area contributed by atoms with Crippen molar-refractivity contribution >= 4 is 46.7 Å². The summed E-state index contributed by atoms with van der Waals surface area (Å²) >= 11 is 14.4. The Kier molecular flexibility index (Phi) is 8.33. The molecule has 1 aromatic heterocycles. The molecule has 0 aliphatic heterocycles. The van der Waals surface area contributed by atoms with Crippen molar-refractivity contribution in [2.45, 2.75) is 37.7 Å². The minimum atomic E-state index is -0.327. The number of carbonyl (C=O) groups is 1. The summed E-state index contributed by atoms with van der Waals surface area (Å²) in [6.45, 7) is 4.28. The molecule has 2 N–H and O–H groups in total. The predicted molar refractivity (Wildman–Crippen MR) is 144 cm³/mol. The van der Waals surface area contributed by atoms with Crippen LogP contribution in [-0.4, -0.2) is 20.8 Å². The van der Waals surface area contributed by atoms with Crippen molar-refractivity contribution in [1.82, 2.24) is 20.1 Å². The maximum atomic E-state index is 12.6. The van der Waals surface area contributed by atoms with E-state index in [0.717, 1.165) is 17.7 Å². The number of rotatable bonds is 8. The van der Waals surface area contributed by atoms with Crippen LogP contribution < -0.4 is 10.6 Å². The first-order chi connectivity index (χ1) is 17.0. The van der Waals surface area contributed by atoms with Crippen LogP contribution in [0.3, 0.4) is 0 Å². The van der Waals surface area contributed by atoms with Gasteiger partial charge >= 0.3 is 6.03 Å². The van der Waals surface area contributed by atoms with Gasteiger partial charge < -0.3 is 10.6 Å². The van der Waals surface area contributed by atoms with Gasteiger partial charge in [-0.05, 0) is 54.3 Å². The zero-order valence-electron chi connectivity index (χ0n) is 19.4. The minimum absolute atomic E-state index is 0.154. The second-order valence-corrected chi connectivity index (χ2v) is 9.65. The molecule has 3 aromatic carbocycles. The van der Waals surface area contributed by atoms with Crippen LogP contribution in [0.2, 0.25) is 10.0 Å². The van der Waals surface area contributed by atoms with E-state index in [0.29, 0.717) is 32.5 Å². The molecule has 0 atom stereocenters. The van der Waals surface area contributed by atoms with Crippen molar-refractivity contribution in [3.05, 3.63) is 99.3 Å². The molecule has 0 spiro atoms. The lowest BCUT2D eigenvalue weighted by Crippen LogP contribution is -2.29. The highest BCUT2D eigenvalue weighted by Crippen LogP contribution is 2.31. The summed E-state index contributed by atoms with van der Waals surface area (Å²) in [5.41, 5.74) is 4.91. The predicted octanol–water partition coefficient (Wildman–Crippen LogP) is 7.06. The van der Waals surface area contributed by atoms with Gasteiger partial charge in [-0.2, -0.15) is 0 Å². The topological polar surface area (TPSA) is 71.8 Å². The minimum Gasteiger partial charge on any atom is -0.331 e. The van der Waals surface area contributed by atoms with Crippen LogP contribution in [0.1, 0.15) is 29.4 Å². The number of anilines is 1. The molecule has 0 bridgehead atoms. The third-order valence-electron chi connectivity index (χ3n) is 5.52. The first-order valence-corrected chi connectivity index (χ1v) is 12.9. The number of halogens is 2. The van der Waals surface area contributed by atoms with Gasteiger partial charge in [0.05, 0.1) is 17.3 Å². The second kappa shape index (κ2) is 11.6. The van der Waals surface area contributed by atoms with Crippen molar-refractivity contribution < 1.29 is 4.79 Å². The van der Waals surface area contributed by atoms with Crippen molar-refractivity contribution in [3.63, 3.8) is 0 Å². The van der Waals surface area contributed by atoms with Crippen molar-refractivity contribution in [1.29, 1.82) is 0 Å². The van der Waals surface area contributed by atoms with Crippen molar-refractivity contribution in [2.24, 2.45) is 0 Å². The number of nitrogens with zero attached hydrogens (tertiary/aromatic N) is 3. The average molecular weight is 526 g/mol. The quantitative estimate of drug-likeness (QED) is 0.241. The fourth-order valence-corrected chi connectivity index (χ4v) is 5.01. The van der Waals surface area contributed by atoms with Gasteiger partial charge in [-0.3, -0.25) is 4.57 Å². The Morgan fingerprint density at radius 2 is 1.74 bits per heavy atom. The number of aromatic nitrogens is 3. The Morgan fingerprint density at radius 1 is 1.00 bits per heavy atom. The molecule has 4 rings (SSSR count). The van der Waals surface area contributed by atoms with E-state index in [9.17, 15) is 4.79 Å². The SMILES string of the molecule is CCc1ccccc1NC(=O)NCc1nnc(SCc2ccccc2C)n1-c1cc(Cl)ccc1Cl. The standard InChI is InChI=1S/C26H25Cl2N5OS/c1-3-18-9-6-7-11-22(18)30-25(34)29-15-24-31-32-26(35-16-19-10-5-4-8-17(19)2)33(24)23-14-20(27)12-13-21(23)28/h4-14H,3,15-16H2,1-2H3,(H2,29,30,34). The molecule has 1 heterocycles. The summed E-state index contributed by atoms with van der Waals surface area (Å²) in [7, 11) is 0. The van der Waals surface area contributed by atoms with E-state index in [1.54, 1.807) is 30.0 Å². The van der Waals surface area contributed by atoms with Crippen LogP contribution in [0.15, 0.2) is 71.9 Å². The highest BCUT2D eigenvalue weighted by Gasteiger charge is 2.18. The van der Waals surface area contributed by atoms with Crippen LogP contribution in [0.4, 0.5) is 10.5 Å². The van der Waals surface area contributed by atoms with Crippen LogP contribution in [0, 0.1) is 6.92 Å². The molecule has 0 radical (unpaired) electrons. The summed E-state index contributed by atoms with van der Waals surface area (Å²) in [5.74, 6) is 1.26. The Morgan fingerprint density at radius 3 is 2.51 bits per heavy atom. The zero-order valence-corrected chi connectivity index (χ0v) is 21.7. The molecule has 2 amide bonds. The molecule has 0 aliphatic carbocycles. The average Bonchev–Trinajstić information content (AvgIpc) is 3.26. The fourth-order valence-electron chi connectivity index (χ4n) is 3.60. The number of aryl methyl sites for hydroxylation is 2. The molecule has 0 aliphatic rings. The van der Waals surface area contributed by atoms with Gasteiger partial charge in [0.1, 0.15) is 0 Å². The first-order valence-electron chi connectivity index (χ1n) is 11.2. The molecule has 6 nitrogen and oxygen atoms in total. The van der Waals surface area contributed by atoms with E-state index >= 15 is 0 Å². The number of urea groups is 1. The molecular formula is C26H25Cl2N5OS. The maximum absolute atomic E-state index is 12.6. The summed E-state index contributed by atoms with van der Waals surface area (Å²) in [4.78, 5) is 12.6. The summed E-state index contributed by atoms with van der Waals surface area (Å²) in [5, 5.41) is 16.3. The molecule has 0 saturated carbocycles. The van der Waals surface area contributed by atoms with Crippen LogP contribution in [0.25, 0.3) is 5.69 Å². The van der Waals surface area contributed by atoms with Gasteiger partial charge in [0.15, 0.2) is 11.0 Å². The summed E-state index contributed by atoms with van der Waals surface area (Å²) in [6, 6.07) is 20.8. The third kappa shape index (κ3) is 6.17. The van der Waals surface area contributed by atoms with E-state index in [2.05, 4.69) is 39.9 Å². The van der Waals surface area contributed by atoms with Crippen LogP contribution >= 0.6 is 35.0 Å². The van der Waals surface area contributed by atoms with Crippen molar-refractivity contribution in [2.75, 3.05) is 5.32 Å². The number of carbonyl (C=O) groups excluding carboxylic acids is 1. The number of benzene rings is 3. The molecule has 35 heavy (non-hydrogen) atoms. The number of hydrogen-bond acceptors (Lipinski definition) is 4. The number of amides is 2. The zero-order chi connectivity index (χ0) is 24.8. The van der Waals surface area contributed by atoms with Gasteiger partial charge in [-0.25, -0.2) is 4.79 Å². The van der Waals surface area contributed by atoms with E-state index in [4.69, 9.17) is 23.2 Å². The highest BCUT2D eigenvalue weighted by atomic mass is 35.5. The number of para-hydroxylation sites is 1. The lowest BCUT2D eigenvalue weighted by Gasteiger charge is -2.14. The number of hydrogen-bond donors (Lipinski definition) is 2. The highest BCUT2D eigenvalue weighted by molar-refractivity contribution is 7.98. The smallest absolute Gasteiger partial charge is 0.319 e. The van der Waals surface area contributed by atoms with E-state index in [1.165, 1.54) is 11.1 Å².